The molecule has 3 rings (SSSR count). The maximum absolute atomic E-state index is 13.8. The van der Waals surface area contributed by atoms with Crippen molar-refractivity contribution < 1.29 is 18.3 Å². The van der Waals surface area contributed by atoms with Crippen molar-refractivity contribution in [3.8, 4) is 0 Å². The zero-order valence-corrected chi connectivity index (χ0v) is 10.8. The van der Waals surface area contributed by atoms with Gasteiger partial charge in [0.2, 0.25) is 0 Å². The van der Waals surface area contributed by atoms with Gasteiger partial charge in [0.05, 0.1) is 11.6 Å². The molecule has 1 aromatic carbocycles. The molecule has 0 amide bonds. The molecule has 2 heterocycles. The molecule has 1 aliphatic rings. The number of hydrogen-bond acceptors (Lipinski definition) is 2. The molecule has 0 radical (unpaired) electrons. The van der Waals surface area contributed by atoms with Gasteiger partial charge in [-0.2, -0.15) is 0 Å². The normalized spacial score (nSPS) is 20.1. The first-order valence-corrected chi connectivity index (χ1v) is 6.59. The van der Waals surface area contributed by atoms with Gasteiger partial charge in [0.1, 0.15) is 5.82 Å². The number of rotatable bonds is 3. The van der Waals surface area contributed by atoms with Gasteiger partial charge in [-0.3, -0.25) is 4.90 Å². The van der Waals surface area contributed by atoms with E-state index in [1.165, 1.54) is 10.6 Å². The third-order valence-corrected chi connectivity index (χ3v) is 3.80. The smallest absolute Gasteiger partial charge is 0.183 e. The van der Waals surface area contributed by atoms with E-state index in [1.807, 2.05) is 4.90 Å². The lowest BCUT2D eigenvalue weighted by Gasteiger charge is -2.16. The number of aromatic nitrogens is 1. The van der Waals surface area contributed by atoms with E-state index in [4.69, 9.17) is 0 Å². The van der Waals surface area contributed by atoms with Crippen LogP contribution < -0.4 is 0 Å². The highest BCUT2D eigenvalue weighted by Crippen LogP contribution is 2.25. The van der Waals surface area contributed by atoms with Crippen LogP contribution in [0.15, 0.2) is 18.3 Å². The Kier molecular flexibility index (Phi) is 3.43. The average molecular weight is 284 g/mol. The van der Waals surface area contributed by atoms with Gasteiger partial charge < -0.3 is 9.67 Å². The predicted octanol–water partition coefficient (Wildman–Crippen LogP) is 2.13. The first-order chi connectivity index (χ1) is 9.56. The number of hydrogen-bond donors (Lipinski definition) is 1. The van der Waals surface area contributed by atoms with Crippen molar-refractivity contribution in [2.75, 3.05) is 19.6 Å². The van der Waals surface area contributed by atoms with E-state index < -0.39 is 17.5 Å². The predicted molar refractivity (Wildman–Crippen MR) is 68.9 cm³/mol. The number of β-amino-alcohol motifs (C(OH)–C–C–N with tert-alkyl or cyclic N) is 1. The van der Waals surface area contributed by atoms with Crippen molar-refractivity contribution in [3.63, 3.8) is 0 Å². The van der Waals surface area contributed by atoms with Crippen LogP contribution in [-0.2, 0) is 6.54 Å². The molecule has 0 aliphatic carbocycles. The van der Waals surface area contributed by atoms with Gasteiger partial charge in [0, 0.05) is 43.8 Å². The highest BCUT2D eigenvalue weighted by molar-refractivity contribution is 5.81. The molecule has 1 atom stereocenters. The molecule has 1 aromatic heterocycles. The fourth-order valence-corrected chi connectivity index (χ4v) is 2.73. The number of likely N-dealkylation sites (tertiary alicyclic amines) is 1. The van der Waals surface area contributed by atoms with Crippen molar-refractivity contribution in [2.45, 2.75) is 19.1 Å². The molecule has 1 aliphatic heterocycles. The third kappa shape index (κ3) is 2.29. The Morgan fingerprint density at radius 2 is 2.00 bits per heavy atom. The quantitative estimate of drug-likeness (QED) is 0.875. The van der Waals surface area contributed by atoms with E-state index in [2.05, 4.69) is 0 Å². The Labute approximate surface area is 114 Å². The fraction of sp³-hybridized carbons (Fsp3) is 0.429. The second kappa shape index (κ2) is 5.10. The summed E-state index contributed by atoms with van der Waals surface area (Å²) in [4.78, 5) is 2.05. The molecule has 108 valence electrons. The molecule has 1 fully saturated rings. The number of halogens is 3. The van der Waals surface area contributed by atoms with Crippen molar-refractivity contribution in [1.29, 1.82) is 0 Å². The minimum absolute atomic E-state index is 0.0396. The van der Waals surface area contributed by atoms with Crippen LogP contribution in [0.5, 0.6) is 0 Å². The van der Waals surface area contributed by atoms with E-state index >= 15 is 0 Å². The molecule has 1 saturated heterocycles. The molecule has 0 spiro atoms. The van der Waals surface area contributed by atoms with Crippen LogP contribution in [0.4, 0.5) is 13.2 Å². The molecular weight excluding hydrogens is 269 g/mol. The minimum Gasteiger partial charge on any atom is -0.392 e. The van der Waals surface area contributed by atoms with E-state index in [0.717, 1.165) is 13.0 Å². The van der Waals surface area contributed by atoms with Crippen molar-refractivity contribution >= 4 is 10.9 Å². The second-order valence-corrected chi connectivity index (χ2v) is 5.17. The van der Waals surface area contributed by atoms with Gasteiger partial charge in [-0.05, 0) is 12.5 Å². The number of nitrogens with zero attached hydrogens (tertiary/aromatic N) is 2. The van der Waals surface area contributed by atoms with Crippen LogP contribution >= 0.6 is 0 Å². The second-order valence-electron chi connectivity index (χ2n) is 5.17. The summed E-state index contributed by atoms with van der Waals surface area (Å²) >= 11 is 0. The maximum Gasteiger partial charge on any atom is 0.183 e. The summed E-state index contributed by atoms with van der Waals surface area (Å²) in [7, 11) is 0. The van der Waals surface area contributed by atoms with Crippen molar-refractivity contribution in [3.05, 3.63) is 35.8 Å². The largest absolute Gasteiger partial charge is 0.392 e. The topological polar surface area (TPSA) is 28.4 Å². The minimum atomic E-state index is -1.17. The lowest BCUT2D eigenvalue weighted by Crippen LogP contribution is -2.26. The SMILES string of the molecule is OC1CCN(CCn2ccc3c(F)cc(F)c(F)c32)C1. The van der Waals surface area contributed by atoms with Gasteiger partial charge in [-0.1, -0.05) is 0 Å². The zero-order chi connectivity index (χ0) is 14.3. The number of aliphatic hydroxyl groups excluding tert-OH is 1. The standard InChI is InChI=1S/C14H15F3N2O/c15-11-7-12(16)13(17)14-10(11)2-4-19(14)6-5-18-3-1-9(20)8-18/h2,4,7,9,20H,1,3,5-6,8H2. The highest BCUT2D eigenvalue weighted by atomic mass is 19.2. The summed E-state index contributed by atoms with van der Waals surface area (Å²) in [6.07, 6.45) is 1.97. The van der Waals surface area contributed by atoms with Crippen LogP contribution in [0.3, 0.4) is 0 Å². The maximum atomic E-state index is 13.8. The van der Waals surface area contributed by atoms with Crippen LogP contribution in [0.1, 0.15) is 6.42 Å². The molecule has 20 heavy (non-hydrogen) atoms. The number of benzene rings is 1. The van der Waals surface area contributed by atoms with Gasteiger partial charge in [0.15, 0.2) is 11.6 Å². The summed E-state index contributed by atoms with van der Waals surface area (Å²) in [6, 6.07) is 2.02. The van der Waals surface area contributed by atoms with Crippen molar-refractivity contribution in [2.24, 2.45) is 0 Å². The van der Waals surface area contributed by atoms with E-state index in [0.29, 0.717) is 25.7 Å². The molecule has 6 heteroatoms. The highest BCUT2D eigenvalue weighted by Gasteiger charge is 2.21. The average Bonchev–Trinajstić information content (AvgIpc) is 3.00. The van der Waals surface area contributed by atoms with Gasteiger partial charge >= 0.3 is 0 Å². The summed E-state index contributed by atoms with van der Waals surface area (Å²) in [5, 5.41) is 9.53. The lowest BCUT2D eigenvalue weighted by atomic mass is 10.2. The Bertz CT molecular complexity index is 641. The van der Waals surface area contributed by atoms with Gasteiger partial charge in [0.25, 0.3) is 0 Å². The Balaban J connectivity index is 1.85. The zero-order valence-electron chi connectivity index (χ0n) is 10.8. The molecule has 2 aromatic rings. The summed E-state index contributed by atoms with van der Waals surface area (Å²) < 4.78 is 42.2. The van der Waals surface area contributed by atoms with Crippen molar-refractivity contribution in [1.82, 2.24) is 9.47 Å². The van der Waals surface area contributed by atoms with Crippen LogP contribution in [0.2, 0.25) is 0 Å². The van der Waals surface area contributed by atoms with Crippen LogP contribution in [-0.4, -0.2) is 40.3 Å². The summed E-state index contributed by atoms with van der Waals surface area (Å²) in [5.74, 6) is -2.95. The number of aliphatic hydroxyl groups is 1. The lowest BCUT2D eigenvalue weighted by molar-refractivity contribution is 0.175. The van der Waals surface area contributed by atoms with E-state index in [9.17, 15) is 18.3 Å². The molecule has 1 unspecified atom stereocenters. The fourth-order valence-electron chi connectivity index (χ4n) is 2.73. The number of fused-ring (bicyclic) bond motifs is 1. The van der Waals surface area contributed by atoms with Gasteiger partial charge in [-0.15, -0.1) is 0 Å². The Hall–Kier alpha value is -1.53. The van der Waals surface area contributed by atoms with Gasteiger partial charge in [-0.25, -0.2) is 13.2 Å². The van der Waals surface area contributed by atoms with E-state index in [1.54, 1.807) is 6.20 Å². The summed E-state index contributed by atoms with van der Waals surface area (Å²) in [5.41, 5.74) is -0.0396. The third-order valence-electron chi connectivity index (χ3n) is 3.80. The Morgan fingerprint density at radius 3 is 2.70 bits per heavy atom. The molecular formula is C14H15F3N2O. The summed E-state index contributed by atoms with van der Waals surface area (Å²) in [6.45, 7) is 2.41. The van der Waals surface area contributed by atoms with E-state index in [-0.39, 0.29) is 17.0 Å². The van der Waals surface area contributed by atoms with Crippen LogP contribution in [0.25, 0.3) is 10.9 Å². The first kappa shape index (κ1) is 13.5. The molecule has 1 N–H and O–H groups in total. The van der Waals surface area contributed by atoms with Crippen LogP contribution in [0, 0.1) is 17.5 Å². The monoisotopic (exact) mass is 284 g/mol. The molecule has 0 bridgehead atoms. The molecule has 3 nitrogen and oxygen atoms in total. The Morgan fingerprint density at radius 1 is 1.20 bits per heavy atom. The first-order valence-electron chi connectivity index (χ1n) is 6.59. The molecule has 0 saturated carbocycles.